The molecule has 0 spiro atoms. The Morgan fingerprint density at radius 1 is 1.05 bits per heavy atom. The third-order valence-corrected chi connectivity index (χ3v) is 3.09. The molecule has 0 saturated carbocycles. The van der Waals surface area contributed by atoms with E-state index < -0.39 is 0 Å². The molecule has 0 aliphatic heterocycles. The second kappa shape index (κ2) is 5.07. The van der Waals surface area contributed by atoms with Crippen molar-refractivity contribution < 1.29 is 4.84 Å². The standard InChI is InChI=1S/C13H9Cl2N3O/c14-10-3-1-2-9(6-10)8-19-18-13-7-11(15)4-5-12(13)16-17-18/h1-7H,8H2. The van der Waals surface area contributed by atoms with Crippen molar-refractivity contribution in [2.24, 2.45) is 0 Å². The fraction of sp³-hybridized carbons (Fsp3) is 0.0769. The Labute approximate surface area is 119 Å². The van der Waals surface area contributed by atoms with Crippen LogP contribution in [0.1, 0.15) is 5.56 Å². The lowest BCUT2D eigenvalue weighted by Crippen LogP contribution is -2.12. The summed E-state index contributed by atoms with van der Waals surface area (Å²) in [7, 11) is 0. The normalized spacial score (nSPS) is 10.8. The van der Waals surface area contributed by atoms with Gasteiger partial charge < -0.3 is 4.84 Å². The molecule has 0 N–H and O–H groups in total. The van der Waals surface area contributed by atoms with Crippen LogP contribution in [-0.2, 0) is 6.61 Å². The molecular weight excluding hydrogens is 285 g/mol. The number of fused-ring (bicyclic) bond motifs is 1. The lowest BCUT2D eigenvalue weighted by Gasteiger charge is -2.05. The van der Waals surface area contributed by atoms with Crippen molar-refractivity contribution >= 4 is 34.2 Å². The summed E-state index contributed by atoms with van der Waals surface area (Å²) in [5.74, 6) is 0. The van der Waals surface area contributed by atoms with Crippen molar-refractivity contribution in [3.05, 3.63) is 58.1 Å². The van der Waals surface area contributed by atoms with Crippen LogP contribution in [0.3, 0.4) is 0 Å². The zero-order valence-corrected chi connectivity index (χ0v) is 11.3. The molecule has 0 bridgehead atoms. The third kappa shape index (κ3) is 2.64. The van der Waals surface area contributed by atoms with Crippen molar-refractivity contribution in [1.29, 1.82) is 0 Å². The zero-order valence-electron chi connectivity index (χ0n) is 9.75. The first-order valence-corrected chi connectivity index (χ1v) is 6.37. The first kappa shape index (κ1) is 12.3. The van der Waals surface area contributed by atoms with Gasteiger partial charge >= 0.3 is 0 Å². The molecule has 0 radical (unpaired) electrons. The largest absolute Gasteiger partial charge is 0.390 e. The summed E-state index contributed by atoms with van der Waals surface area (Å²) in [4.78, 5) is 6.94. The van der Waals surface area contributed by atoms with E-state index in [1.165, 1.54) is 4.85 Å². The molecule has 96 valence electrons. The number of halogens is 2. The maximum Gasteiger partial charge on any atom is 0.142 e. The molecule has 0 amide bonds. The first-order valence-electron chi connectivity index (χ1n) is 5.61. The van der Waals surface area contributed by atoms with E-state index in [0.29, 0.717) is 16.7 Å². The van der Waals surface area contributed by atoms with Gasteiger partial charge in [-0.05, 0) is 41.1 Å². The Balaban J connectivity index is 1.84. The summed E-state index contributed by atoms with van der Waals surface area (Å²) < 4.78 is 0. The lowest BCUT2D eigenvalue weighted by molar-refractivity contribution is 0.0752. The number of hydrogen-bond donors (Lipinski definition) is 0. The molecule has 0 fully saturated rings. The van der Waals surface area contributed by atoms with Gasteiger partial charge in [-0.1, -0.05) is 40.2 Å². The quantitative estimate of drug-likeness (QED) is 0.743. The summed E-state index contributed by atoms with van der Waals surface area (Å²) in [6, 6.07) is 12.8. The van der Waals surface area contributed by atoms with Crippen LogP contribution in [0.2, 0.25) is 10.0 Å². The van der Waals surface area contributed by atoms with Gasteiger partial charge in [-0.15, -0.1) is 5.10 Å². The SMILES string of the molecule is Clc1cccc(COn2nnc3ccc(Cl)cc32)c1. The Bertz CT molecular complexity index is 727. The molecule has 1 aromatic heterocycles. The van der Waals surface area contributed by atoms with Crippen molar-refractivity contribution in [2.45, 2.75) is 6.61 Å². The summed E-state index contributed by atoms with van der Waals surface area (Å²) in [5.41, 5.74) is 2.42. The molecule has 0 atom stereocenters. The number of nitrogens with zero attached hydrogens (tertiary/aromatic N) is 3. The minimum absolute atomic E-state index is 0.353. The summed E-state index contributed by atoms with van der Waals surface area (Å²) in [6.45, 7) is 0.353. The highest BCUT2D eigenvalue weighted by Crippen LogP contribution is 2.17. The Kier molecular flexibility index (Phi) is 3.27. The van der Waals surface area contributed by atoms with Crippen molar-refractivity contribution in [2.75, 3.05) is 0 Å². The second-order valence-electron chi connectivity index (χ2n) is 4.00. The highest BCUT2D eigenvalue weighted by atomic mass is 35.5. The highest BCUT2D eigenvalue weighted by molar-refractivity contribution is 6.31. The molecule has 1 heterocycles. The van der Waals surface area contributed by atoms with Crippen LogP contribution in [0.4, 0.5) is 0 Å². The van der Waals surface area contributed by atoms with E-state index in [4.69, 9.17) is 28.0 Å². The molecule has 0 aliphatic rings. The monoisotopic (exact) mass is 293 g/mol. The molecule has 0 unspecified atom stereocenters. The molecule has 0 saturated heterocycles. The predicted octanol–water partition coefficient (Wildman–Crippen LogP) is 3.37. The smallest absolute Gasteiger partial charge is 0.142 e. The van der Waals surface area contributed by atoms with Crippen molar-refractivity contribution in [1.82, 2.24) is 15.2 Å². The van der Waals surface area contributed by atoms with Crippen LogP contribution >= 0.6 is 23.2 Å². The molecular formula is C13H9Cl2N3O. The fourth-order valence-electron chi connectivity index (χ4n) is 1.73. The summed E-state index contributed by atoms with van der Waals surface area (Å²) in [5, 5.41) is 9.21. The molecule has 4 nitrogen and oxygen atoms in total. The van der Waals surface area contributed by atoms with E-state index in [2.05, 4.69) is 10.3 Å². The van der Waals surface area contributed by atoms with E-state index >= 15 is 0 Å². The molecule has 3 rings (SSSR count). The fourth-order valence-corrected chi connectivity index (χ4v) is 2.11. The van der Waals surface area contributed by atoms with E-state index in [1.54, 1.807) is 18.2 Å². The molecule has 0 aliphatic carbocycles. The number of aromatic nitrogens is 3. The van der Waals surface area contributed by atoms with Gasteiger partial charge in [0.15, 0.2) is 0 Å². The van der Waals surface area contributed by atoms with Gasteiger partial charge in [-0.25, -0.2) is 0 Å². The van der Waals surface area contributed by atoms with Gasteiger partial charge in [0, 0.05) is 10.0 Å². The van der Waals surface area contributed by atoms with E-state index in [9.17, 15) is 0 Å². The van der Waals surface area contributed by atoms with Gasteiger partial charge in [0.2, 0.25) is 0 Å². The first-order chi connectivity index (χ1) is 9.22. The Hall–Kier alpha value is -1.78. The van der Waals surface area contributed by atoms with Crippen LogP contribution in [0.15, 0.2) is 42.5 Å². The molecule has 2 aromatic carbocycles. The third-order valence-electron chi connectivity index (χ3n) is 2.62. The van der Waals surface area contributed by atoms with Crippen LogP contribution in [0.5, 0.6) is 0 Å². The zero-order chi connectivity index (χ0) is 13.2. The van der Waals surface area contributed by atoms with Gasteiger partial charge in [0.1, 0.15) is 17.6 Å². The molecule has 3 aromatic rings. The van der Waals surface area contributed by atoms with Crippen LogP contribution in [0, 0.1) is 0 Å². The number of benzene rings is 2. The predicted molar refractivity (Wildman–Crippen MR) is 74.3 cm³/mol. The average Bonchev–Trinajstić information content (AvgIpc) is 2.79. The topological polar surface area (TPSA) is 39.9 Å². The number of hydrogen-bond acceptors (Lipinski definition) is 3. The van der Waals surface area contributed by atoms with Crippen molar-refractivity contribution in [3.8, 4) is 0 Å². The van der Waals surface area contributed by atoms with E-state index in [0.717, 1.165) is 16.6 Å². The molecule has 6 heteroatoms. The van der Waals surface area contributed by atoms with Gasteiger partial charge in [-0.2, -0.15) is 0 Å². The van der Waals surface area contributed by atoms with Gasteiger partial charge in [0.25, 0.3) is 0 Å². The van der Waals surface area contributed by atoms with Crippen LogP contribution in [0.25, 0.3) is 11.0 Å². The second-order valence-corrected chi connectivity index (χ2v) is 4.87. The average molecular weight is 294 g/mol. The van der Waals surface area contributed by atoms with Gasteiger partial charge in [0.05, 0.1) is 0 Å². The van der Waals surface area contributed by atoms with Crippen molar-refractivity contribution in [3.63, 3.8) is 0 Å². The lowest BCUT2D eigenvalue weighted by atomic mass is 10.2. The maximum atomic E-state index is 5.94. The summed E-state index contributed by atoms with van der Waals surface area (Å²) in [6.07, 6.45) is 0. The van der Waals surface area contributed by atoms with Gasteiger partial charge in [-0.3, -0.25) is 0 Å². The van der Waals surface area contributed by atoms with Crippen LogP contribution < -0.4 is 4.84 Å². The molecule has 19 heavy (non-hydrogen) atoms. The number of rotatable bonds is 3. The highest BCUT2D eigenvalue weighted by Gasteiger charge is 2.06. The van der Waals surface area contributed by atoms with Crippen LogP contribution in [-0.4, -0.2) is 15.2 Å². The minimum Gasteiger partial charge on any atom is -0.390 e. The maximum absolute atomic E-state index is 5.94. The summed E-state index contributed by atoms with van der Waals surface area (Å²) >= 11 is 11.9. The Morgan fingerprint density at radius 2 is 1.89 bits per heavy atom. The van der Waals surface area contributed by atoms with E-state index in [1.807, 2.05) is 24.3 Å². The minimum atomic E-state index is 0.353. The van der Waals surface area contributed by atoms with E-state index in [-0.39, 0.29) is 0 Å². The Morgan fingerprint density at radius 3 is 2.74 bits per heavy atom.